The fourth-order valence-corrected chi connectivity index (χ4v) is 4.04. The zero-order valence-corrected chi connectivity index (χ0v) is 16.9. The van der Waals surface area contributed by atoms with Gasteiger partial charge < -0.3 is 14.2 Å². The highest BCUT2D eigenvalue weighted by atomic mass is 35.5. The molecule has 0 aliphatic rings. The molecule has 0 spiro atoms. The first-order valence-electron chi connectivity index (χ1n) is 8.36. The van der Waals surface area contributed by atoms with Crippen molar-refractivity contribution in [3.05, 3.63) is 51.2 Å². The number of nitrogens with zero attached hydrogens (tertiary/aromatic N) is 3. The van der Waals surface area contributed by atoms with E-state index in [4.69, 9.17) is 16.3 Å². The van der Waals surface area contributed by atoms with Gasteiger partial charge in [0.2, 0.25) is 0 Å². The van der Waals surface area contributed by atoms with Gasteiger partial charge in [-0.05, 0) is 43.7 Å². The Hall–Kier alpha value is -1.89. The molecule has 0 saturated carbocycles. The molecule has 138 valence electrons. The molecule has 7 heteroatoms. The topological polar surface area (TPSA) is 47.4 Å². The summed E-state index contributed by atoms with van der Waals surface area (Å²) in [4.78, 5) is 19.2. The molecule has 0 bridgehead atoms. The summed E-state index contributed by atoms with van der Waals surface area (Å²) in [7, 11) is 3.68. The number of carbonyl (C=O) groups excluding carboxylic acids is 1. The van der Waals surface area contributed by atoms with Gasteiger partial charge >= 0.3 is 0 Å². The number of aryl methyl sites for hydroxylation is 1. The van der Waals surface area contributed by atoms with Gasteiger partial charge in [0.25, 0.3) is 5.91 Å². The standard InChI is InChI=1S/C19H22ClN3O2S/c1-12-9-15(13(2)22(12)3)11-23(7-8-25-4)18(24)14-5-6-16-17(10-14)26-19(20)21-16/h5-6,9-10H,7-8,11H2,1-4H3. The van der Waals surface area contributed by atoms with Crippen molar-refractivity contribution < 1.29 is 9.53 Å². The lowest BCUT2D eigenvalue weighted by atomic mass is 10.1. The fourth-order valence-electron chi connectivity index (χ4n) is 2.97. The average Bonchev–Trinajstić information content (AvgIpc) is 3.11. The molecule has 0 radical (unpaired) electrons. The van der Waals surface area contributed by atoms with Crippen LogP contribution in [0.1, 0.15) is 27.3 Å². The number of rotatable bonds is 6. The molecule has 3 rings (SSSR count). The summed E-state index contributed by atoms with van der Waals surface area (Å²) in [5.41, 5.74) is 4.95. The largest absolute Gasteiger partial charge is 0.383 e. The molecule has 1 amide bonds. The highest BCUT2D eigenvalue weighted by molar-refractivity contribution is 7.22. The minimum absolute atomic E-state index is 0.0191. The van der Waals surface area contributed by atoms with Crippen LogP contribution in [-0.4, -0.2) is 40.6 Å². The van der Waals surface area contributed by atoms with E-state index < -0.39 is 0 Å². The molecule has 1 aromatic carbocycles. The second-order valence-electron chi connectivity index (χ2n) is 6.32. The number of amides is 1. The molecular formula is C19H22ClN3O2S. The second-order valence-corrected chi connectivity index (χ2v) is 7.94. The molecule has 0 N–H and O–H groups in total. The molecule has 0 saturated heterocycles. The molecule has 2 heterocycles. The smallest absolute Gasteiger partial charge is 0.254 e. The SMILES string of the molecule is COCCN(Cc1cc(C)n(C)c1C)C(=O)c1ccc2nc(Cl)sc2c1. The van der Waals surface area contributed by atoms with Crippen LogP contribution in [0.5, 0.6) is 0 Å². The number of hydrogen-bond acceptors (Lipinski definition) is 4. The molecule has 5 nitrogen and oxygen atoms in total. The van der Waals surface area contributed by atoms with Gasteiger partial charge in [0.1, 0.15) is 0 Å². The van der Waals surface area contributed by atoms with Crippen molar-refractivity contribution in [2.24, 2.45) is 7.05 Å². The summed E-state index contributed by atoms with van der Waals surface area (Å²) < 4.78 is 8.74. The number of hydrogen-bond donors (Lipinski definition) is 0. The van der Waals surface area contributed by atoms with Gasteiger partial charge in [0.15, 0.2) is 4.47 Å². The van der Waals surface area contributed by atoms with Crippen LogP contribution < -0.4 is 0 Å². The zero-order chi connectivity index (χ0) is 18.8. The Kier molecular flexibility index (Phi) is 5.65. The molecular weight excluding hydrogens is 370 g/mol. The Morgan fingerprint density at radius 2 is 2.12 bits per heavy atom. The van der Waals surface area contributed by atoms with E-state index in [1.54, 1.807) is 7.11 Å². The Bertz CT molecular complexity index is 948. The number of halogens is 1. The maximum atomic E-state index is 13.1. The van der Waals surface area contributed by atoms with Gasteiger partial charge in [-0.15, -0.1) is 11.3 Å². The van der Waals surface area contributed by atoms with Gasteiger partial charge in [-0.1, -0.05) is 11.6 Å². The lowest BCUT2D eigenvalue weighted by Crippen LogP contribution is -2.33. The Balaban J connectivity index is 1.89. The minimum Gasteiger partial charge on any atom is -0.383 e. The average molecular weight is 392 g/mol. The first-order valence-corrected chi connectivity index (χ1v) is 9.56. The molecule has 3 aromatic rings. The normalized spacial score (nSPS) is 11.3. The van der Waals surface area contributed by atoms with Gasteiger partial charge in [-0.3, -0.25) is 4.79 Å². The monoisotopic (exact) mass is 391 g/mol. The third-order valence-electron chi connectivity index (χ3n) is 4.70. The summed E-state index contributed by atoms with van der Waals surface area (Å²) in [6.07, 6.45) is 0. The molecule has 0 unspecified atom stereocenters. The van der Waals surface area contributed by atoms with Crippen molar-refractivity contribution in [1.82, 2.24) is 14.5 Å². The highest BCUT2D eigenvalue weighted by Crippen LogP contribution is 2.27. The van der Waals surface area contributed by atoms with E-state index in [9.17, 15) is 4.79 Å². The predicted octanol–water partition coefficient (Wildman–Crippen LogP) is 4.19. The van der Waals surface area contributed by atoms with Crippen molar-refractivity contribution in [2.45, 2.75) is 20.4 Å². The molecule has 0 atom stereocenters. The number of benzene rings is 1. The number of methoxy groups -OCH3 is 1. The van der Waals surface area contributed by atoms with E-state index in [1.807, 2.05) is 30.1 Å². The van der Waals surface area contributed by atoms with Crippen molar-refractivity contribution in [1.29, 1.82) is 0 Å². The van der Waals surface area contributed by atoms with Gasteiger partial charge in [-0.25, -0.2) is 4.98 Å². The number of thiazole rings is 1. The van der Waals surface area contributed by atoms with E-state index >= 15 is 0 Å². The maximum Gasteiger partial charge on any atom is 0.254 e. The minimum atomic E-state index is -0.0191. The van der Waals surface area contributed by atoms with Crippen LogP contribution >= 0.6 is 22.9 Å². The van der Waals surface area contributed by atoms with E-state index in [-0.39, 0.29) is 5.91 Å². The number of fused-ring (bicyclic) bond motifs is 1. The van der Waals surface area contributed by atoms with E-state index in [0.29, 0.717) is 29.7 Å². The Labute approximate surface area is 162 Å². The summed E-state index contributed by atoms with van der Waals surface area (Å²) >= 11 is 7.36. The van der Waals surface area contributed by atoms with Crippen molar-refractivity contribution in [3.63, 3.8) is 0 Å². The summed E-state index contributed by atoms with van der Waals surface area (Å²) in [6, 6.07) is 7.65. The third-order valence-corrected chi connectivity index (χ3v) is 5.83. The van der Waals surface area contributed by atoms with Gasteiger partial charge in [0, 0.05) is 44.2 Å². The summed E-state index contributed by atoms with van der Waals surface area (Å²) in [5, 5.41) is 0. The predicted molar refractivity (Wildman–Crippen MR) is 106 cm³/mol. The summed E-state index contributed by atoms with van der Waals surface area (Å²) in [5.74, 6) is -0.0191. The van der Waals surface area contributed by atoms with Crippen molar-refractivity contribution >= 4 is 39.1 Å². The number of carbonyl (C=O) groups is 1. The van der Waals surface area contributed by atoms with Crippen LogP contribution in [0.2, 0.25) is 4.47 Å². The third kappa shape index (κ3) is 3.77. The fraction of sp³-hybridized carbons (Fsp3) is 0.368. The van der Waals surface area contributed by atoms with Crippen LogP contribution in [0.4, 0.5) is 0 Å². The molecule has 2 aromatic heterocycles. The van der Waals surface area contributed by atoms with Crippen molar-refractivity contribution in [2.75, 3.05) is 20.3 Å². The number of aromatic nitrogens is 2. The van der Waals surface area contributed by atoms with Crippen LogP contribution in [0, 0.1) is 13.8 Å². The van der Waals surface area contributed by atoms with E-state index in [2.05, 4.69) is 29.5 Å². The van der Waals surface area contributed by atoms with Crippen LogP contribution in [0.25, 0.3) is 10.2 Å². The molecule has 0 aliphatic carbocycles. The molecule has 26 heavy (non-hydrogen) atoms. The molecule has 0 aliphatic heterocycles. The van der Waals surface area contributed by atoms with Crippen molar-refractivity contribution in [3.8, 4) is 0 Å². The lowest BCUT2D eigenvalue weighted by molar-refractivity contribution is 0.0680. The van der Waals surface area contributed by atoms with Gasteiger partial charge in [0.05, 0.1) is 16.8 Å². The number of ether oxygens (including phenoxy) is 1. The Morgan fingerprint density at radius 3 is 2.77 bits per heavy atom. The second kappa shape index (κ2) is 7.78. The zero-order valence-electron chi connectivity index (χ0n) is 15.4. The van der Waals surface area contributed by atoms with E-state index in [0.717, 1.165) is 15.8 Å². The van der Waals surface area contributed by atoms with Crippen LogP contribution in [0.3, 0.4) is 0 Å². The highest BCUT2D eigenvalue weighted by Gasteiger charge is 2.19. The first-order chi connectivity index (χ1) is 12.4. The molecule has 0 fully saturated rings. The Morgan fingerprint density at radius 1 is 1.35 bits per heavy atom. The van der Waals surface area contributed by atoms with Crippen LogP contribution in [0.15, 0.2) is 24.3 Å². The van der Waals surface area contributed by atoms with Crippen LogP contribution in [-0.2, 0) is 18.3 Å². The van der Waals surface area contributed by atoms with E-state index in [1.165, 1.54) is 22.7 Å². The lowest BCUT2D eigenvalue weighted by Gasteiger charge is -2.22. The quantitative estimate of drug-likeness (QED) is 0.632. The maximum absolute atomic E-state index is 13.1. The first kappa shape index (κ1) is 18.9. The summed E-state index contributed by atoms with van der Waals surface area (Å²) in [6.45, 7) is 5.72. The van der Waals surface area contributed by atoms with Gasteiger partial charge in [-0.2, -0.15) is 0 Å².